The molecule has 0 bridgehead atoms. The van der Waals surface area contributed by atoms with Crippen molar-refractivity contribution in [3.63, 3.8) is 0 Å². The molecule has 1 heterocycles. The second-order valence-electron chi connectivity index (χ2n) is 4.06. The van der Waals surface area contributed by atoms with Crippen molar-refractivity contribution in [1.82, 2.24) is 9.78 Å². The number of nitrogens with zero attached hydrogens (tertiary/aromatic N) is 2. The number of benzene rings is 1. The standard InChI is InChI=1S/C13H15BrFN3O/c1-3-18-13(11(19-2)7-17-18)12(16)9-5-4-8(14)6-10(9)15/h4-7,12H,3,16H2,1-2H3. The first-order chi connectivity index (χ1) is 9.08. The number of aromatic nitrogens is 2. The Bertz CT molecular complexity index is 564. The van der Waals surface area contributed by atoms with E-state index in [0.717, 1.165) is 0 Å². The van der Waals surface area contributed by atoms with E-state index in [9.17, 15) is 4.39 Å². The van der Waals surface area contributed by atoms with Gasteiger partial charge in [-0.1, -0.05) is 22.0 Å². The molecule has 2 N–H and O–H groups in total. The van der Waals surface area contributed by atoms with E-state index in [1.807, 2.05) is 6.92 Å². The van der Waals surface area contributed by atoms with Gasteiger partial charge in [0.2, 0.25) is 0 Å². The molecule has 2 aromatic rings. The molecule has 102 valence electrons. The van der Waals surface area contributed by atoms with E-state index in [2.05, 4.69) is 21.0 Å². The number of hydrogen-bond donors (Lipinski definition) is 1. The molecule has 0 saturated carbocycles. The summed E-state index contributed by atoms with van der Waals surface area (Å²) in [5, 5.41) is 4.18. The topological polar surface area (TPSA) is 53.1 Å². The van der Waals surface area contributed by atoms with Crippen LogP contribution in [-0.2, 0) is 6.54 Å². The highest BCUT2D eigenvalue weighted by atomic mass is 79.9. The Labute approximate surface area is 119 Å². The molecule has 0 amide bonds. The second kappa shape index (κ2) is 5.71. The Morgan fingerprint density at radius 1 is 1.53 bits per heavy atom. The minimum atomic E-state index is -0.620. The lowest BCUT2D eigenvalue weighted by atomic mass is 10.0. The summed E-state index contributed by atoms with van der Waals surface area (Å²) in [6.45, 7) is 2.59. The summed E-state index contributed by atoms with van der Waals surface area (Å²) in [6, 6.07) is 4.20. The number of nitrogens with two attached hydrogens (primary N) is 1. The first-order valence-electron chi connectivity index (χ1n) is 5.88. The maximum atomic E-state index is 14.0. The Kier molecular flexibility index (Phi) is 4.21. The summed E-state index contributed by atoms with van der Waals surface area (Å²) in [5.41, 5.74) is 7.25. The lowest BCUT2D eigenvalue weighted by Gasteiger charge is -2.16. The number of halogens is 2. The van der Waals surface area contributed by atoms with Gasteiger partial charge in [-0.3, -0.25) is 4.68 Å². The number of rotatable bonds is 4. The Hall–Kier alpha value is -1.40. The third kappa shape index (κ3) is 2.64. The fourth-order valence-corrected chi connectivity index (χ4v) is 2.33. The SMILES string of the molecule is CCn1ncc(OC)c1C(N)c1ccc(Br)cc1F. The van der Waals surface area contributed by atoms with Gasteiger partial charge < -0.3 is 10.5 Å². The highest BCUT2D eigenvalue weighted by Crippen LogP contribution is 2.30. The van der Waals surface area contributed by atoms with Crippen LogP contribution in [0.15, 0.2) is 28.9 Å². The van der Waals surface area contributed by atoms with E-state index in [-0.39, 0.29) is 5.82 Å². The Morgan fingerprint density at radius 2 is 2.26 bits per heavy atom. The van der Waals surface area contributed by atoms with E-state index in [1.54, 1.807) is 30.1 Å². The van der Waals surface area contributed by atoms with Crippen molar-refractivity contribution in [3.8, 4) is 5.75 Å². The monoisotopic (exact) mass is 327 g/mol. The van der Waals surface area contributed by atoms with Crippen molar-refractivity contribution in [1.29, 1.82) is 0 Å². The van der Waals surface area contributed by atoms with E-state index in [1.165, 1.54) is 6.07 Å². The van der Waals surface area contributed by atoms with E-state index in [4.69, 9.17) is 10.5 Å². The molecule has 0 fully saturated rings. The zero-order chi connectivity index (χ0) is 14.0. The molecular weight excluding hydrogens is 313 g/mol. The molecule has 0 saturated heterocycles. The molecule has 0 aliphatic carbocycles. The second-order valence-corrected chi connectivity index (χ2v) is 4.97. The van der Waals surface area contributed by atoms with Gasteiger partial charge in [-0.15, -0.1) is 0 Å². The third-order valence-corrected chi connectivity index (χ3v) is 3.45. The van der Waals surface area contributed by atoms with Crippen molar-refractivity contribution in [2.45, 2.75) is 19.5 Å². The molecule has 1 aromatic heterocycles. The molecule has 4 nitrogen and oxygen atoms in total. The molecule has 0 spiro atoms. The number of aryl methyl sites for hydroxylation is 1. The van der Waals surface area contributed by atoms with E-state index < -0.39 is 6.04 Å². The molecule has 1 unspecified atom stereocenters. The van der Waals surface area contributed by atoms with Crippen LogP contribution in [0.1, 0.15) is 24.2 Å². The van der Waals surface area contributed by atoms with Crippen LogP contribution in [0.25, 0.3) is 0 Å². The van der Waals surface area contributed by atoms with Gasteiger partial charge in [0.1, 0.15) is 11.5 Å². The summed E-state index contributed by atoms with van der Waals surface area (Å²) >= 11 is 3.23. The molecule has 0 aliphatic rings. The molecular formula is C13H15BrFN3O. The average Bonchev–Trinajstić information content (AvgIpc) is 2.80. The van der Waals surface area contributed by atoms with Crippen LogP contribution in [0.2, 0.25) is 0 Å². The highest BCUT2D eigenvalue weighted by molar-refractivity contribution is 9.10. The first kappa shape index (κ1) is 14.0. The summed E-state index contributed by atoms with van der Waals surface area (Å²) in [5.74, 6) is 0.212. The van der Waals surface area contributed by atoms with Crippen molar-refractivity contribution in [3.05, 3.63) is 45.9 Å². The van der Waals surface area contributed by atoms with Crippen LogP contribution in [0.4, 0.5) is 4.39 Å². The van der Waals surface area contributed by atoms with Gasteiger partial charge in [-0.05, 0) is 19.1 Å². The summed E-state index contributed by atoms with van der Waals surface area (Å²) in [7, 11) is 1.55. The van der Waals surface area contributed by atoms with Gasteiger partial charge in [0.15, 0.2) is 5.75 Å². The predicted molar refractivity (Wildman–Crippen MR) is 74.6 cm³/mol. The fourth-order valence-electron chi connectivity index (χ4n) is 2.00. The van der Waals surface area contributed by atoms with Crippen molar-refractivity contribution >= 4 is 15.9 Å². The van der Waals surface area contributed by atoms with Gasteiger partial charge in [0.05, 0.1) is 19.3 Å². The largest absolute Gasteiger partial charge is 0.493 e. The van der Waals surface area contributed by atoms with Crippen LogP contribution < -0.4 is 10.5 Å². The summed E-state index contributed by atoms with van der Waals surface area (Å²) in [4.78, 5) is 0. The molecule has 19 heavy (non-hydrogen) atoms. The van der Waals surface area contributed by atoms with Gasteiger partial charge in [0, 0.05) is 16.6 Å². The third-order valence-electron chi connectivity index (χ3n) is 2.96. The molecule has 2 rings (SSSR count). The molecule has 1 atom stereocenters. The maximum Gasteiger partial charge on any atom is 0.161 e. The molecule has 0 radical (unpaired) electrons. The molecule has 6 heteroatoms. The zero-order valence-corrected chi connectivity index (χ0v) is 12.3. The lowest BCUT2D eigenvalue weighted by molar-refractivity contribution is 0.404. The normalized spacial score (nSPS) is 12.5. The zero-order valence-electron chi connectivity index (χ0n) is 10.7. The van der Waals surface area contributed by atoms with Crippen molar-refractivity contribution < 1.29 is 9.13 Å². The van der Waals surface area contributed by atoms with Crippen molar-refractivity contribution in [2.24, 2.45) is 5.73 Å². The van der Waals surface area contributed by atoms with Crippen LogP contribution in [0.3, 0.4) is 0 Å². The minimum Gasteiger partial charge on any atom is -0.493 e. The van der Waals surface area contributed by atoms with Crippen LogP contribution in [0.5, 0.6) is 5.75 Å². The number of hydrogen-bond acceptors (Lipinski definition) is 3. The average molecular weight is 328 g/mol. The van der Waals surface area contributed by atoms with Gasteiger partial charge in [-0.25, -0.2) is 4.39 Å². The fraction of sp³-hybridized carbons (Fsp3) is 0.308. The lowest BCUT2D eigenvalue weighted by Crippen LogP contribution is -2.19. The molecule has 1 aromatic carbocycles. The number of ether oxygens (including phenoxy) is 1. The van der Waals surface area contributed by atoms with Crippen LogP contribution in [0, 0.1) is 5.82 Å². The molecule has 0 aliphatic heterocycles. The smallest absolute Gasteiger partial charge is 0.161 e. The van der Waals surface area contributed by atoms with E-state index >= 15 is 0 Å². The van der Waals surface area contributed by atoms with Crippen molar-refractivity contribution in [2.75, 3.05) is 7.11 Å². The highest BCUT2D eigenvalue weighted by Gasteiger charge is 2.22. The minimum absolute atomic E-state index is 0.354. The van der Waals surface area contributed by atoms with Gasteiger partial charge in [0.25, 0.3) is 0 Å². The van der Waals surface area contributed by atoms with Crippen LogP contribution >= 0.6 is 15.9 Å². The van der Waals surface area contributed by atoms with E-state index in [0.29, 0.717) is 28.0 Å². The van der Waals surface area contributed by atoms with Gasteiger partial charge >= 0.3 is 0 Å². The number of methoxy groups -OCH3 is 1. The van der Waals surface area contributed by atoms with Gasteiger partial charge in [-0.2, -0.15) is 5.10 Å². The Balaban J connectivity index is 2.48. The van der Waals surface area contributed by atoms with Crippen LogP contribution in [-0.4, -0.2) is 16.9 Å². The first-order valence-corrected chi connectivity index (χ1v) is 6.68. The quantitative estimate of drug-likeness (QED) is 0.939. The predicted octanol–water partition coefficient (Wildman–Crippen LogP) is 2.86. The summed E-state index contributed by atoms with van der Waals surface area (Å²) in [6.07, 6.45) is 1.59. The summed E-state index contributed by atoms with van der Waals surface area (Å²) < 4.78 is 21.6. The Morgan fingerprint density at radius 3 is 2.84 bits per heavy atom. The maximum absolute atomic E-state index is 14.0.